The second-order valence-corrected chi connectivity index (χ2v) is 7.76. The Kier molecular flexibility index (Phi) is 5.40. The van der Waals surface area contributed by atoms with E-state index >= 15 is 0 Å². The molecule has 1 unspecified atom stereocenters. The van der Waals surface area contributed by atoms with E-state index in [0.717, 1.165) is 12.8 Å². The third-order valence-electron chi connectivity index (χ3n) is 4.92. The minimum absolute atomic E-state index is 0.111. The number of hydrogen-bond donors (Lipinski definition) is 3. The number of amides is 4. The van der Waals surface area contributed by atoms with Gasteiger partial charge in [-0.25, -0.2) is 4.79 Å². The Morgan fingerprint density at radius 3 is 2.45 bits per heavy atom. The zero-order chi connectivity index (χ0) is 20.4. The normalized spacial score (nSPS) is 18.4. The van der Waals surface area contributed by atoms with E-state index in [1.807, 2.05) is 0 Å². The molecule has 4 rings (SSSR count). The number of benzene rings is 2. The van der Waals surface area contributed by atoms with Crippen molar-refractivity contribution in [2.24, 2.45) is 5.92 Å². The number of nitrogens with zero attached hydrogens (tertiary/aromatic N) is 1. The number of halogens is 1. The summed E-state index contributed by atoms with van der Waals surface area (Å²) >= 11 is 6.01. The van der Waals surface area contributed by atoms with Crippen molar-refractivity contribution in [2.75, 3.05) is 22.1 Å². The summed E-state index contributed by atoms with van der Waals surface area (Å²) in [6.45, 7) is 0.298. The Morgan fingerprint density at radius 2 is 1.72 bits per heavy atom. The zero-order valence-corrected chi connectivity index (χ0v) is 16.4. The predicted molar refractivity (Wildman–Crippen MR) is 112 cm³/mol. The first kappa shape index (κ1) is 19.3. The lowest BCUT2D eigenvalue weighted by molar-refractivity contribution is -0.122. The van der Waals surface area contributed by atoms with E-state index in [1.54, 1.807) is 53.4 Å². The van der Waals surface area contributed by atoms with Crippen LogP contribution in [0.25, 0.3) is 0 Å². The third kappa shape index (κ3) is 4.86. The van der Waals surface area contributed by atoms with Gasteiger partial charge in [-0.05, 0) is 49.2 Å². The van der Waals surface area contributed by atoms with Crippen molar-refractivity contribution < 1.29 is 14.4 Å². The molecule has 3 N–H and O–H groups in total. The molecule has 2 aromatic rings. The van der Waals surface area contributed by atoms with Crippen LogP contribution in [0, 0.1) is 5.92 Å². The van der Waals surface area contributed by atoms with Crippen LogP contribution in [0.5, 0.6) is 0 Å². The molecule has 1 aliphatic heterocycles. The highest BCUT2D eigenvalue weighted by atomic mass is 35.5. The largest absolute Gasteiger partial charge is 0.335 e. The van der Waals surface area contributed by atoms with Gasteiger partial charge >= 0.3 is 6.03 Å². The fourth-order valence-corrected chi connectivity index (χ4v) is 3.46. The van der Waals surface area contributed by atoms with Gasteiger partial charge in [0.15, 0.2) is 0 Å². The molecule has 29 heavy (non-hydrogen) atoms. The van der Waals surface area contributed by atoms with Crippen LogP contribution in [0.2, 0.25) is 5.02 Å². The highest BCUT2D eigenvalue weighted by Crippen LogP contribution is 2.28. The van der Waals surface area contributed by atoms with E-state index in [1.165, 1.54) is 0 Å². The molecule has 7 nitrogen and oxygen atoms in total. The van der Waals surface area contributed by atoms with Gasteiger partial charge in [-0.15, -0.1) is 0 Å². The van der Waals surface area contributed by atoms with Gasteiger partial charge in [0, 0.05) is 41.1 Å². The molecule has 1 heterocycles. The van der Waals surface area contributed by atoms with Crippen molar-refractivity contribution in [3.8, 4) is 0 Å². The second-order valence-electron chi connectivity index (χ2n) is 7.33. The Morgan fingerprint density at radius 1 is 1.00 bits per heavy atom. The zero-order valence-electron chi connectivity index (χ0n) is 15.7. The Balaban J connectivity index is 1.37. The third-order valence-corrected chi connectivity index (χ3v) is 5.15. The molecule has 1 aliphatic carbocycles. The molecule has 4 amide bonds. The Bertz CT molecular complexity index is 960. The number of carbonyl (C=O) groups excluding carboxylic acids is 3. The van der Waals surface area contributed by atoms with E-state index in [2.05, 4.69) is 16.0 Å². The first-order chi connectivity index (χ1) is 14.0. The molecule has 1 saturated heterocycles. The maximum Gasteiger partial charge on any atom is 0.319 e. The summed E-state index contributed by atoms with van der Waals surface area (Å²) < 4.78 is 0. The summed E-state index contributed by atoms with van der Waals surface area (Å²) in [6, 6.07) is 14.0. The summed E-state index contributed by atoms with van der Waals surface area (Å²) in [5.41, 5.74) is 1.84. The summed E-state index contributed by atoms with van der Waals surface area (Å²) in [4.78, 5) is 38.5. The fourth-order valence-electron chi connectivity index (χ4n) is 3.28. The first-order valence-corrected chi connectivity index (χ1v) is 9.90. The van der Waals surface area contributed by atoms with E-state index < -0.39 is 5.92 Å². The number of anilines is 3. The van der Waals surface area contributed by atoms with Gasteiger partial charge in [0.25, 0.3) is 0 Å². The molecule has 0 aromatic heterocycles. The van der Waals surface area contributed by atoms with Crippen LogP contribution >= 0.6 is 11.6 Å². The lowest BCUT2D eigenvalue weighted by atomic mass is 10.1. The highest BCUT2D eigenvalue weighted by Gasteiger charge is 2.35. The molecule has 1 saturated carbocycles. The van der Waals surface area contributed by atoms with Crippen molar-refractivity contribution in [1.29, 1.82) is 0 Å². The molecule has 0 bridgehead atoms. The summed E-state index contributed by atoms with van der Waals surface area (Å²) in [5.74, 6) is -0.807. The molecular weight excluding hydrogens is 392 g/mol. The standard InChI is InChI=1S/C21H21ClN4O3/c22-14-3-1-6-18(10-14)26-12-13(9-19(26)27)20(28)23-16-4-2-5-17(11-16)25-21(29)24-15-7-8-15/h1-6,10-11,13,15H,7-9,12H2,(H,23,28)(H2,24,25,29). The van der Waals surface area contributed by atoms with Crippen LogP contribution in [0.15, 0.2) is 48.5 Å². The molecular formula is C21H21ClN4O3. The lowest BCUT2D eigenvalue weighted by Crippen LogP contribution is -2.30. The van der Waals surface area contributed by atoms with Crippen molar-refractivity contribution in [1.82, 2.24) is 5.32 Å². The van der Waals surface area contributed by atoms with Gasteiger partial charge in [0.05, 0.1) is 5.92 Å². The maximum atomic E-state index is 12.7. The maximum absolute atomic E-state index is 12.7. The number of rotatable bonds is 5. The molecule has 2 fully saturated rings. The predicted octanol–water partition coefficient (Wildman–Crippen LogP) is 3.62. The molecule has 1 atom stereocenters. The fraction of sp³-hybridized carbons (Fsp3) is 0.286. The number of carbonyl (C=O) groups is 3. The average Bonchev–Trinajstić information content (AvgIpc) is 3.40. The molecule has 2 aromatic carbocycles. The van der Waals surface area contributed by atoms with Gasteiger partial charge in [0.1, 0.15) is 0 Å². The molecule has 2 aliphatic rings. The van der Waals surface area contributed by atoms with E-state index in [0.29, 0.717) is 28.6 Å². The van der Waals surface area contributed by atoms with Crippen LogP contribution in [0.3, 0.4) is 0 Å². The van der Waals surface area contributed by atoms with Crippen molar-refractivity contribution in [3.05, 3.63) is 53.6 Å². The van der Waals surface area contributed by atoms with Crippen LogP contribution in [0.4, 0.5) is 21.9 Å². The first-order valence-electron chi connectivity index (χ1n) is 9.52. The minimum atomic E-state index is -0.462. The van der Waals surface area contributed by atoms with Crippen LogP contribution in [-0.2, 0) is 9.59 Å². The quantitative estimate of drug-likeness (QED) is 0.700. The van der Waals surface area contributed by atoms with Crippen LogP contribution in [0.1, 0.15) is 19.3 Å². The highest BCUT2D eigenvalue weighted by molar-refractivity contribution is 6.31. The molecule has 0 radical (unpaired) electrons. The molecule has 8 heteroatoms. The van der Waals surface area contributed by atoms with Gasteiger partial charge in [0.2, 0.25) is 11.8 Å². The van der Waals surface area contributed by atoms with Crippen molar-refractivity contribution in [2.45, 2.75) is 25.3 Å². The van der Waals surface area contributed by atoms with Crippen molar-refractivity contribution >= 4 is 46.5 Å². The van der Waals surface area contributed by atoms with Crippen LogP contribution < -0.4 is 20.9 Å². The number of urea groups is 1. The van der Waals surface area contributed by atoms with Gasteiger partial charge in [-0.3, -0.25) is 9.59 Å². The Labute approximate surface area is 173 Å². The van der Waals surface area contributed by atoms with Gasteiger partial charge in [-0.1, -0.05) is 23.7 Å². The van der Waals surface area contributed by atoms with E-state index in [4.69, 9.17) is 11.6 Å². The SMILES string of the molecule is O=C(Nc1cccc(NC(=O)C2CC(=O)N(c3cccc(Cl)c3)C2)c1)NC1CC1. The minimum Gasteiger partial charge on any atom is -0.335 e. The topological polar surface area (TPSA) is 90.5 Å². The van der Waals surface area contributed by atoms with Gasteiger partial charge in [-0.2, -0.15) is 0 Å². The smallest absolute Gasteiger partial charge is 0.319 e. The summed E-state index contributed by atoms with van der Waals surface area (Å²) in [6.07, 6.45) is 2.16. The van der Waals surface area contributed by atoms with Crippen molar-refractivity contribution in [3.63, 3.8) is 0 Å². The second kappa shape index (κ2) is 8.13. The number of nitrogens with one attached hydrogen (secondary N) is 3. The summed E-state index contributed by atoms with van der Waals surface area (Å²) in [5, 5.41) is 8.99. The lowest BCUT2D eigenvalue weighted by Gasteiger charge is -2.17. The number of hydrogen-bond acceptors (Lipinski definition) is 3. The van der Waals surface area contributed by atoms with E-state index in [9.17, 15) is 14.4 Å². The van der Waals surface area contributed by atoms with E-state index in [-0.39, 0.29) is 30.3 Å². The molecule has 0 spiro atoms. The Hall–Kier alpha value is -3.06. The summed E-state index contributed by atoms with van der Waals surface area (Å²) in [7, 11) is 0. The van der Waals surface area contributed by atoms with Gasteiger partial charge < -0.3 is 20.9 Å². The average molecular weight is 413 g/mol. The van der Waals surface area contributed by atoms with Crippen LogP contribution in [-0.4, -0.2) is 30.4 Å². The molecule has 150 valence electrons. The monoisotopic (exact) mass is 412 g/mol.